The lowest BCUT2D eigenvalue weighted by atomic mass is 10.0. The monoisotopic (exact) mass is 231 g/mol. The van der Waals surface area contributed by atoms with Gasteiger partial charge in [-0.25, -0.2) is 4.39 Å². The summed E-state index contributed by atoms with van der Waals surface area (Å²) in [5.41, 5.74) is 8.82. The van der Waals surface area contributed by atoms with E-state index >= 15 is 0 Å². The molecule has 88 valence electrons. The van der Waals surface area contributed by atoms with Crippen LogP contribution in [0.1, 0.15) is 17.9 Å². The largest absolute Gasteiger partial charge is 0.330 e. The Labute approximate surface area is 98.8 Å². The van der Waals surface area contributed by atoms with Gasteiger partial charge in [-0.2, -0.15) is 5.10 Å². The van der Waals surface area contributed by atoms with Gasteiger partial charge in [0.25, 0.3) is 0 Å². The van der Waals surface area contributed by atoms with Crippen molar-refractivity contribution in [2.75, 3.05) is 6.54 Å². The van der Waals surface area contributed by atoms with Crippen LogP contribution in [0.3, 0.4) is 0 Å². The molecule has 1 aliphatic carbocycles. The molecule has 1 aromatic carbocycles. The van der Waals surface area contributed by atoms with Crippen LogP contribution in [0.25, 0.3) is 11.3 Å². The van der Waals surface area contributed by atoms with Crippen LogP contribution in [0.4, 0.5) is 4.39 Å². The molecule has 3 nitrogen and oxygen atoms in total. The van der Waals surface area contributed by atoms with Gasteiger partial charge in [-0.15, -0.1) is 0 Å². The number of hydrogen-bond acceptors (Lipinski definition) is 2. The van der Waals surface area contributed by atoms with Gasteiger partial charge in [-0.1, -0.05) is 0 Å². The van der Waals surface area contributed by atoms with Crippen molar-refractivity contribution in [1.29, 1.82) is 0 Å². The van der Waals surface area contributed by atoms with Crippen molar-refractivity contribution in [3.05, 3.63) is 41.8 Å². The number of nitrogens with zero attached hydrogens (tertiary/aromatic N) is 1. The van der Waals surface area contributed by atoms with Crippen molar-refractivity contribution >= 4 is 0 Å². The molecule has 0 spiro atoms. The maximum atomic E-state index is 12.9. The number of halogens is 1. The normalized spacial score (nSPS) is 22.7. The lowest BCUT2D eigenvalue weighted by Gasteiger charge is -2.02. The van der Waals surface area contributed by atoms with Crippen molar-refractivity contribution in [1.82, 2.24) is 10.2 Å². The summed E-state index contributed by atoms with van der Waals surface area (Å²) >= 11 is 0. The van der Waals surface area contributed by atoms with Crippen molar-refractivity contribution < 1.29 is 4.39 Å². The molecule has 4 heteroatoms. The van der Waals surface area contributed by atoms with Gasteiger partial charge in [-0.05, 0) is 49.1 Å². The maximum absolute atomic E-state index is 12.9. The first-order chi connectivity index (χ1) is 8.29. The summed E-state index contributed by atoms with van der Waals surface area (Å²) in [7, 11) is 0. The summed E-state index contributed by atoms with van der Waals surface area (Å²) in [5, 5.41) is 7.09. The first-order valence-electron chi connectivity index (χ1n) is 5.79. The highest BCUT2D eigenvalue weighted by molar-refractivity contribution is 5.64. The summed E-state index contributed by atoms with van der Waals surface area (Å²) < 4.78 is 12.9. The smallest absolute Gasteiger partial charge is 0.123 e. The zero-order valence-electron chi connectivity index (χ0n) is 9.36. The van der Waals surface area contributed by atoms with Crippen LogP contribution in [0.5, 0.6) is 0 Å². The van der Waals surface area contributed by atoms with Gasteiger partial charge < -0.3 is 5.73 Å². The molecular weight excluding hydrogens is 217 g/mol. The fourth-order valence-electron chi connectivity index (χ4n) is 2.31. The second-order valence-corrected chi connectivity index (χ2v) is 4.55. The van der Waals surface area contributed by atoms with E-state index in [1.807, 2.05) is 6.20 Å². The molecule has 1 heterocycles. The molecule has 1 saturated carbocycles. The Morgan fingerprint density at radius 1 is 1.35 bits per heavy atom. The van der Waals surface area contributed by atoms with Gasteiger partial charge >= 0.3 is 0 Å². The first kappa shape index (κ1) is 10.5. The Morgan fingerprint density at radius 3 is 2.76 bits per heavy atom. The summed E-state index contributed by atoms with van der Waals surface area (Å²) in [5.74, 6) is 0.867. The fourth-order valence-corrected chi connectivity index (χ4v) is 2.31. The van der Waals surface area contributed by atoms with Crippen LogP contribution in [0.15, 0.2) is 30.5 Å². The third-order valence-corrected chi connectivity index (χ3v) is 3.43. The van der Waals surface area contributed by atoms with Gasteiger partial charge in [0, 0.05) is 11.1 Å². The molecule has 2 atom stereocenters. The molecule has 0 bridgehead atoms. The van der Waals surface area contributed by atoms with Crippen LogP contribution in [-0.4, -0.2) is 16.7 Å². The van der Waals surface area contributed by atoms with Gasteiger partial charge in [-0.3, -0.25) is 5.10 Å². The molecule has 0 amide bonds. The van der Waals surface area contributed by atoms with Gasteiger partial charge in [0.1, 0.15) is 5.82 Å². The van der Waals surface area contributed by atoms with Crippen LogP contribution in [0, 0.1) is 11.7 Å². The molecule has 1 fully saturated rings. The highest BCUT2D eigenvalue weighted by Crippen LogP contribution is 2.49. The predicted octanol–water partition coefficient (Wildman–Crippen LogP) is 2.28. The minimum absolute atomic E-state index is 0.221. The van der Waals surface area contributed by atoms with Gasteiger partial charge in [0.15, 0.2) is 0 Å². The van der Waals surface area contributed by atoms with Crippen LogP contribution < -0.4 is 5.73 Å². The van der Waals surface area contributed by atoms with E-state index < -0.39 is 0 Å². The third-order valence-electron chi connectivity index (χ3n) is 3.43. The van der Waals surface area contributed by atoms with Crippen LogP contribution >= 0.6 is 0 Å². The first-order valence-corrected chi connectivity index (χ1v) is 5.79. The number of hydrogen-bond donors (Lipinski definition) is 2. The zero-order valence-corrected chi connectivity index (χ0v) is 9.36. The SMILES string of the molecule is NC[C@@H]1C[C@H]1c1cn[nH]c1-c1ccc(F)cc1. The third kappa shape index (κ3) is 1.85. The molecular formula is C13H14FN3. The topological polar surface area (TPSA) is 54.7 Å². The van der Waals surface area contributed by atoms with Crippen molar-refractivity contribution in [2.45, 2.75) is 12.3 Å². The molecule has 3 N–H and O–H groups in total. The van der Waals surface area contributed by atoms with E-state index in [-0.39, 0.29) is 5.82 Å². The van der Waals surface area contributed by atoms with Gasteiger partial charge in [0.05, 0.1) is 11.9 Å². The molecule has 0 saturated heterocycles. The predicted molar refractivity (Wildman–Crippen MR) is 63.9 cm³/mol. The Kier molecular flexibility index (Phi) is 2.44. The lowest BCUT2D eigenvalue weighted by molar-refractivity contribution is 0.628. The van der Waals surface area contributed by atoms with Crippen LogP contribution in [-0.2, 0) is 0 Å². The summed E-state index contributed by atoms with van der Waals surface area (Å²) in [6.07, 6.45) is 2.99. The standard InChI is InChI=1S/C13H14FN3/c14-10-3-1-8(2-4-10)13-12(7-16-17-13)11-5-9(11)6-15/h1-4,7,9,11H,5-6,15H2,(H,16,17)/t9-,11+/m0/s1. The number of rotatable bonds is 3. The van der Waals surface area contributed by atoms with E-state index in [1.54, 1.807) is 12.1 Å². The highest BCUT2D eigenvalue weighted by Gasteiger charge is 2.39. The second kappa shape index (κ2) is 3.96. The van der Waals surface area contributed by atoms with Crippen molar-refractivity contribution in [2.24, 2.45) is 11.7 Å². The molecule has 0 radical (unpaired) electrons. The number of nitrogens with two attached hydrogens (primary N) is 1. The number of benzene rings is 1. The van der Waals surface area contributed by atoms with E-state index in [2.05, 4.69) is 10.2 Å². The van der Waals surface area contributed by atoms with Crippen molar-refractivity contribution in [3.63, 3.8) is 0 Å². The molecule has 1 aromatic heterocycles. The summed E-state index contributed by atoms with van der Waals surface area (Å²) in [4.78, 5) is 0. The Bertz CT molecular complexity index is 518. The maximum Gasteiger partial charge on any atom is 0.123 e. The Hall–Kier alpha value is -1.68. The molecule has 3 rings (SSSR count). The molecule has 2 aromatic rings. The number of H-pyrrole nitrogens is 1. The molecule has 1 aliphatic rings. The van der Waals surface area contributed by atoms with E-state index in [0.717, 1.165) is 24.2 Å². The minimum atomic E-state index is -0.221. The number of nitrogens with one attached hydrogen (secondary N) is 1. The van der Waals surface area contributed by atoms with Gasteiger partial charge in [0.2, 0.25) is 0 Å². The number of aromatic amines is 1. The Balaban J connectivity index is 1.94. The molecule has 0 aliphatic heterocycles. The minimum Gasteiger partial charge on any atom is -0.330 e. The fraction of sp³-hybridized carbons (Fsp3) is 0.308. The quantitative estimate of drug-likeness (QED) is 0.851. The zero-order chi connectivity index (χ0) is 11.8. The summed E-state index contributed by atoms with van der Waals surface area (Å²) in [6.45, 7) is 0.721. The summed E-state index contributed by atoms with van der Waals surface area (Å²) in [6, 6.07) is 6.47. The van der Waals surface area contributed by atoms with E-state index in [9.17, 15) is 4.39 Å². The van der Waals surface area contributed by atoms with E-state index in [4.69, 9.17) is 5.73 Å². The number of aromatic nitrogens is 2. The molecule has 0 unspecified atom stereocenters. The second-order valence-electron chi connectivity index (χ2n) is 4.55. The molecule has 17 heavy (non-hydrogen) atoms. The highest BCUT2D eigenvalue weighted by atomic mass is 19.1. The van der Waals surface area contributed by atoms with Crippen LogP contribution in [0.2, 0.25) is 0 Å². The van der Waals surface area contributed by atoms with E-state index in [0.29, 0.717) is 11.8 Å². The average molecular weight is 231 g/mol. The van der Waals surface area contributed by atoms with E-state index in [1.165, 1.54) is 17.7 Å². The lowest BCUT2D eigenvalue weighted by Crippen LogP contribution is -2.02. The Morgan fingerprint density at radius 2 is 2.12 bits per heavy atom. The van der Waals surface area contributed by atoms with Crippen molar-refractivity contribution in [3.8, 4) is 11.3 Å². The average Bonchev–Trinajstić information content (AvgIpc) is 2.98.